The fraction of sp³-hybridized carbons (Fsp3) is 1.00. The van der Waals surface area contributed by atoms with E-state index in [2.05, 4.69) is 37.3 Å². The number of rotatable bonds is 3. The highest BCUT2D eigenvalue weighted by Crippen LogP contribution is 1.70. The summed E-state index contributed by atoms with van der Waals surface area (Å²) in [6.45, 7) is 4.13. The molecule has 2 N–H and O–H groups in total. The van der Waals surface area contributed by atoms with Crippen LogP contribution < -0.4 is 10.9 Å². The van der Waals surface area contributed by atoms with E-state index < -0.39 is 0 Å². The second-order valence-electron chi connectivity index (χ2n) is 1.63. The molecule has 2 nitrogen and oxygen atoms in total. The lowest BCUT2D eigenvalue weighted by Gasteiger charge is -2.05. The van der Waals surface area contributed by atoms with Gasteiger partial charge in [-0.15, -0.1) is 0 Å². The highest BCUT2D eigenvalue weighted by Gasteiger charge is 1.84. The molecule has 0 unspecified atom stereocenters. The first kappa shape index (κ1) is 7.27. The maximum absolute atomic E-state index is 3.92. The summed E-state index contributed by atoms with van der Waals surface area (Å²) in [6.07, 6.45) is 0. The lowest BCUT2D eigenvalue weighted by molar-refractivity contribution is 0.511. The summed E-state index contributed by atoms with van der Waals surface area (Å²) in [7, 11) is 0. The maximum Gasteiger partial charge on any atom is 0.0527 e. The molecule has 0 saturated heterocycles. The van der Waals surface area contributed by atoms with E-state index in [1.165, 1.54) is 0 Å². The molecule has 0 aromatic rings. The molecule has 0 aliphatic heterocycles. The molecule has 3 heteroatoms. The third-order valence-electron chi connectivity index (χ3n) is 0.470. The van der Waals surface area contributed by atoms with Crippen LogP contribution in [0.2, 0.25) is 0 Å². The first-order valence-corrected chi connectivity index (χ1v) is 3.00. The van der Waals surface area contributed by atoms with Gasteiger partial charge in [0.25, 0.3) is 0 Å². The van der Waals surface area contributed by atoms with E-state index in [1.807, 2.05) is 0 Å². The predicted molar refractivity (Wildman–Crippen MR) is 35.3 cm³/mol. The summed E-state index contributed by atoms with van der Waals surface area (Å²) >= 11 is 3.92. The molecule has 0 radical (unpaired) electrons. The first-order valence-electron chi connectivity index (χ1n) is 2.36. The molecule has 0 aromatic heterocycles. The van der Waals surface area contributed by atoms with E-state index in [1.54, 1.807) is 0 Å². The Morgan fingerprint density at radius 1 is 1.57 bits per heavy atom. The van der Waals surface area contributed by atoms with E-state index in [9.17, 15) is 0 Å². The van der Waals surface area contributed by atoms with Gasteiger partial charge >= 0.3 is 0 Å². The molecule has 0 rings (SSSR count). The maximum atomic E-state index is 3.92. The van der Waals surface area contributed by atoms with Crippen LogP contribution in [0.4, 0.5) is 0 Å². The van der Waals surface area contributed by atoms with Gasteiger partial charge in [-0.25, -0.2) is 5.43 Å². The van der Waals surface area contributed by atoms with Crippen LogP contribution in [0, 0.1) is 0 Å². The van der Waals surface area contributed by atoms with Crippen LogP contribution in [0.1, 0.15) is 13.8 Å². The Morgan fingerprint density at radius 3 is 2.29 bits per heavy atom. The molecule has 0 aromatic carbocycles. The van der Waals surface area contributed by atoms with Crippen molar-refractivity contribution in [3.63, 3.8) is 0 Å². The summed E-state index contributed by atoms with van der Waals surface area (Å²) in [5.74, 6) is 0.679. The Morgan fingerprint density at radius 2 is 2.14 bits per heavy atom. The van der Waals surface area contributed by atoms with Gasteiger partial charge in [0.2, 0.25) is 0 Å². The van der Waals surface area contributed by atoms with Gasteiger partial charge in [-0.3, -0.25) is 5.43 Å². The predicted octanol–water partition coefficient (Wildman–Crippen LogP) is 0.376. The standard InChI is InChI=1S/C4H12N2S/c1-4(2)6-5-3-7/h4-7H,3H2,1-2H3. The molecule has 44 valence electrons. The molecule has 0 fully saturated rings. The van der Waals surface area contributed by atoms with Crippen LogP contribution in [0.5, 0.6) is 0 Å². The minimum absolute atomic E-state index is 0.493. The second kappa shape index (κ2) is 4.43. The van der Waals surface area contributed by atoms with Crippen molar-refractivity contribution in [3.8, 4) is 0 Å². The fourth-order valence-corrected chi connectivity index (χ4v) is 0.341. The molecule has 0 spiro atoms. The van der Waals surface area contributed by atoms with Crippen molar-refractivity contribution < 1.29 is 0 Å². The average Bonchev–Trinajstić information content (AvgIpc) is 1.61. The topological polar surface area (TPSA) is 24.1 Å². The summed E-state index contributed by atoms with van der Waals surface area (Å²) in [5.41, 5.74) is 5.83. The zero-order chi connectivity index (χ0) is 5.70. The Balaban J connectivity index is 2.68. The van der Waals surface area contributed by atoms with E-state index in [0.717, 1.165) is 0 Å². The Hall–Kier alpha value is 0.270. The van der Waals surface area contributed by atoms with Crippen molar-refractivity contribution in [1.29, 1.82) is 0 Å². The number of nitrogens with one attached hydrogen (secondary N) is 2. The van der Waals surface area contributed by atoms with Crippen LogP contribution in [0.25, 0.3) is 0 Å². The molecule has 0 amide bonds. The molecule has 7 heavy (non-hydrogen) atoms. The highest BCUT2D eigenvalue weighted by atomic mass is 32.1. The van der Waals surface area contributed by atoms with Crippen LogP contribution in [-0.4, -0.2) is 11.9 Å². The lowest BCUT2D eigenvalue weighted by atomic mass is 10.4. The van der Waals surface area contributed by atoms with Gasteiger partial charge < -0.3 is 0 Å². The molecular formula is C4H12N2S. The van der Waals surface area contributed by atoms with Crippen molar-refractivity contribution in [2.75, 3.05) is 5.88 Å². The van der Waals surface area contributed by atoms with Gasteiger partial charge in [-0.05, 0) is 13.8 Å². The highest BCUT2D eigenvalue weighted by molar-refractivity contribution is 7.80. The molecule has 0 heterocycles. The lowest BCUT2D eigenvalue weighted by Crippen LogP contribution is -2.36. The van der Waals surface area contributed by atoms with Crippen molar-refractivity contribution >= 4 is 12.6 Å². The summed E-state index contributed by atoms with van der Waals surface area (Å²) in [6, 6.07) is 0.493. The van der Waals surface area contributed by atoms with Gasteiger partial charge in [-0.1, -0.05) is 0 Å². The van der Waals surface area contributed by atoms with Gasteiger partial charge in [0.15, 0.2) is 0 Å². The molecule has 0 saturated carbocycles. The van der Waals surface area contributed by atoms with Gasteiger partial charge in [0, 0.05) is 6.04 Å². The smallest absolute Gasteiger partial charge is 0.0527 e. The van der Waals surface area contributed by atoms with Crippen molar-refractivity contribution in [3.05, 3.63) is 0 Å². The van der Waals surface area contributed by atoms with Crippen LogP contribution in [-0.2, 0) is 0 Å². The number of hydrazine groups is 1. The first-order chi connectivity index (χ1) is 3.27. The van der Waals surface area contributed by atoms with Gasteiger partial charge in [0.05, 0.1) is 5.88 Å². The van der Waals surface area contributed by atoms with Crippen LogP contribution >= 0.6 is 12.6 Å². The summed E-state index contributed by atoms with van der Waals surface area (Å²) < 4.78 is 0. The van der Waals surface area contributed by atoms with E-state index in [4.69, 9.17) is 0 Å². The Labute approximate surface area is 50.1 Å². The third kappa shape index (κ3) is 6.27. The van der Waals surface area contributed by atoms with Crippen molar-refractivity contribution in [1.82, 2.24) is 10.9 Å². The quantitative estimate of drug-likeness (QED) is 0.285. The molecular weight excluding hydrogens is 108 g/mol. The third-order valence-corrected chi connectivity index (χ3v) is 0.628. The Kier molecular flexibility index (Phi) is 4.60. The van der Waals surface area contributed by atoms with Crippen molar-refractivity contribution in [2.24, 2.45) is 0 Å². The molecule has 0 bridgehead atoms. The monoisotopic (exact) mass is 120 g/mol. The number of hydrogen-bond acceptors (Lipinski definition) is 3. The molecule has 0 aliphatic carbocycles. The zero-order valence-electron chi connectivity index (χ0n) is 4.73. The number of hydrogen-bond donors (Lipinski definition) is 3. The summed E-state index contributed by atoms with van der Waals surface area (Å²) in [4.78, 5) is 0. The summed E-state index contributed by atoms with van der Waals surface area (Å²) in [5, 5.41) is 0. The molecule has 0 aliphatic rings. The SMILES string of the molecule is CC(C)NNCS. The van der Waals surface area contributed by atoms with E-state index in [0.29, 0.717) is 11.9 Å². The van der Waals surface area contributed by atoms with Crippen molar-refractivity contribution in [2.45, 2.75) is 19.9 Å². The van der Waals surface area contributed by atoms with Crippen LogP contribution in [0.15, 0.2) is 0 Å². The zero-order valence-corrected chi connectivity index (χ0v) is 5.63. The minimum Gasteiger partial charge on any atom is -0.255 e. The normalized spacial score (nSPS) is 10.3. The number of thiol groups is 1. The second-order valence-corrected chi connectivity index (χ2v) is 1.95. The Bertz CT molecular complexity index is 38.7. The minimum atomic E-state index is 0.493. The van der Waals surface area contributed by atoms with E-state index in [-0.39, 0.29) is 0 Å². The van der Waals surface area contributed by atoms with E-state index >= 15 is 0 Å². The fourth-order valence-electron chi connectivity index (χ4n) is 0.250. The van der Waals surface area contributed by atoms with Crippen LogP contribution in [0.3, 0.4) is 0 Å². The van der Waals surface area contributed by atoms with Gasteiger partial charge in [0.1, 0.15) is 0 Å². The molecule has 0 atom stereocenters. The van der Waals surface area contributed by atoms with Gasteiger partial charge in [-0.2, -0.15) is 12.6 Å². The largest absolute Gasteiger partial charge is 0.255 e. The average molecular weight is 120 g/mol.